The molecule has 2 N–H and O–H groups in total. The van der Waals surface area contributed by atoms with Crippen LogP contribution < -0.4 is 10.6 Å². The molecule has 2 aromatic heterocycles. The smallest absolute Gasteiger partial charge is 0.368 e. The van der Waals surface area contributed by atoms with Gasteiger partial charge < -0.3 is 10.6 Å². The summed E-state index contributed by atoms with van der Waals surface area (Å²) in [5.74, 6) is 0.0407. The van der Waals surface area contributed by atoms with Gasteiger partial charge in [-0.3, -0.25) is 9.78 Å². The molecule has 2 heterocycles. The summed E-state index contributed by atoms with van der Waals surface area (Å²) in [4.78, 5) is 19.2. The van der Waals surface area contributed by atoms with Crippen LogP contribution in [0.4, 0.5) is 19.0 Å². The molecule has 0 aliphatic rings. The Hall–Kier alpha value is -2.64. The molecule has 0 saturated heterocycles. The van der Waals surface area contributed by atoms with Gasteiger partial charge in [0, 0.05) is 31.7 Å². The van der Waals surface area contributed by atoms with Gasteiger partial charge >= 0.3 is 6.18 Å². The minimum absolute atomic E-state index is 0.268. The van der Waals surface area contributed by atoms with E-state index in [0.29, 0.717) is 24.5 Å². The average Bonchev–Trinajstić information content (AvgIpc) is 2.52. The number of anilines is 1. The van der Waals surface area contributed by atoms with Gasteiger partial charge in [-0.2, -0.15) is 13.2 Å². The van der Waals surface area contributed by atoms with Crippen LogP contribution in [0.2, 0.25) is 0 Å². The van der Waals surface area contributed by atoms with E-state index in [-0.39, 0.29) is 5.91 Å². The molecule has 1 amide bonds. The number of nitrogens with one attached hydrogen (secondary N) is 2. The molecule has 8 heteroatoms. The second-order valence-corrected chi connectivity index (χ2v) is 4.35. The van der Waals surface area contributed by atoms with Crippen molar-refractivity contribution in [1.82, 2.24) is 15.3 Å². The highest BCUT2D eigenvalue weighted by Gasteiger charge is 2.30. The number of nitrogens with zero attached hydrogens (tertiary/aromatic N) is 2. The Morgan fingerprint density at radius 1 is 1.14 bits per heavy atom. The largest absolute Gasteiger partial charge is 0.417 e. The highest BCUT2D eigenvalue weighted by Crippen LogP contribution is 2.28. The maximum atomic E-state index is 12.4. The minimum atomic E-state index is -4.40. The highest BCUT2D eigenvalue weighted by molar-refractivity contribution is 5.93. The van der Waals surface area contributed by atoms with Crippen LogP contribution in [0.5, 0.6) is 0 Å². The number of amides is 1. The number of aromatic nitrogens is 2. The summed E-state index contributed by atoms with van der Waals surface area (Å²) in [5.41, 5.74) is -0.363. The molecule has 0 aliphatic heterocycles. The molecule has 116 valence electrons. The van der Waals surface area contributed by atoms with E-state index in [9.17, 15) is 18.0 Å². The van der Waals surface area contributed by atoms with Gasteiger partial charge in [0.1, 0.15) is 5.82 Å². The maximum Gasteiger partial charge on any atom is 0.417 e. The third-order valence-corrected chi connectivity index (χ3v) is 2.73. The molecule has 2 aromatic rings. The summed E-state index contributed by atoms with van der Waals surface area (Å²) in [6.45, 7) is 0.640. The normalized spacial score (nSPS) is 11.0. The third-order valence-electron chi connectivity index (χ3n) is 2.73. The van der Waals surface area contributed by atoms with Crippen LogP contribution in [-0.4, -0.2) is 29.0 Å². The molecular formula is C14H13F3N4O. The van der Waals surface area contributed by atoms with Crippen molar-refractivity contribution < 1.29 is 18.0 Å². The van der Waals surface area contributed by atoms with Crippen LogP contribution in [0.1, 0.15) is 15.9 Å². The van der Waals surface area contributed by atoms with Crippen molar-refractivity contribution >= 4 is 11.7 Å². The zero-order valence-electron chi connectivity index (χ0n) is 11.4. The van der Waals surface area contributed by atoms with Gasteiger partial charge in [-0.25, -0.2) is 4.98 Å². The van der Waals surface area contributed by atoms with E-state index in [1.807, 2.05) is 0 Å². The molecule has 0 spiro atoms. The monoisotopic (exact) mass is 310 g/mol. The maximum absolute atomic E-state index is 12.4. The van der Waals surface area contributed by atoms with Gasteiger partial charge in [0.05, 0.1) is 11.1 Å². The molecule has 0 aromatic carbocycles. The molecule has 0 bridgehead atoms. The summed E-state index contributed by atoms with van der Waals surface area (Å²) in [6.07, 6.45) is -0.630. The number of halogens is 3. The fourth-order valence-corrected chi connectivity index (χ4v) is 1.63. The second-order valence-electron chi connectivity index (χ2n) is 4.35. The zero-order chi connectivity index (χ0) is 16.0. The Labute approximate surface area is 124 Å². The van der Waals surface area contributed by atoms with E-state index in [1.54, 1.807) is 18.3 Å². The van der Waals surface area contributed by atoms with E-state index in [1.165, 1.54) is 12.3 Å². The molecule has 0 atom stereocenters. The summed E-state index contributed by atoms with van der Waals surface area (Å²) < 4.78 is 37.1. The Bertz CT molecular complexity index is 614. The van der Waals surface area contributed by atoms with E-state index in [4.69, 9.17) is 0 Å². The Kier molecular flexibility index (Phi) is 4.92. The van der Waals surface area contributed by atoms with Crippen LogP contribution >= 0.6 is 0 Å². The van der Waals surface area contributed by atoms with Crippen molar-refractivity contribution in [3.05, 3.63) is 54.0 Å². The first-order chi connectivity index (χ1) is 10.5. The SMILES string of the molecule is O=C(NCCNc1ccc(C(F)(F)F)cn1)c1cccnc1. The molecule has 0 unspecified atom stereocenters. The molecule has 22 heavy (non-hydrogen) atoms. The van der Waals surface area contributed by atoms with Crippen molar-refractivity contribution in [3.8, 4) is 0 Å². The number of hydrogen-bond donors (Lipinski definition) is 2. The standard InChI is InChI=1S/C14H13F3N4O/c15-14(16,17)11-3-4-12(21-9-11)19-6-7-20-13(22)10-2-1-5-18-8-10/h1-5,8-9H,6-7H2,(H,19,21)(H,20,22). The summed E-state index contributed by atoms with van der Waals surface area (Å²) in [6, 6.07) is 5.47. The van der Waals surface area contributed by atoms with E-state index in [0.717, 1.165) is 12.3 Å². The van der Waals surface area contributed by atoms with Gasteiger partial charge in [-0.05, 0) is 24.3 Å². The van der Waals surface area contributed by atoms with Crippen molar-refractivity contribution in [2.45, 2.75) is 6.18 Å². The minimum Gasteiger partial charge on any atom is -0.368 e. The predicted molar refractivity (Wildman–Crippen MR) is 74.3 cm³/mol. The first kappa shape index (κ1) is 15.7. The Morgan fingerprint density at radius 2 is 1.95 bits per heavy atom. The van der Waals surface area contributed by atoms with Crippen LogP contribution in [-0.2, 0) is 6.18 Å². The van der Waals surface area contributed by atoms with E-state index in [2.05, 4.69) is 20.6 Å². The van der Waals surface area contributed by atoms with Gasteiger partial charge in [-0.1, -0.05) is 0 Å². The first-order valence-corrected chi connectivity index (χ1v) is 6.42. The van der Waals surface area contributed by atoms with Crippen molar-refractivity contribution in [1.29, 1.82) is 0 Å². The number of carbonyl (C=O) groups excluding carboxylic acids is 1. The van der Waals surface area contributed by atoms with Crippen LogP contribution in [0.25, 0.3) is 0 Å². The average molecular weight is 310 g/mol. The summed E-state index contributed by atoms with van der Waals surface area (Å²) in [7, 11) is 0. The number of pyridine rings is 2. The highest BCUT2D eigenvalue weighted by atomic mass is 19.4. The lowest BCUT2D eigenvalue weighted by Crippen LogP contribution is -2.28. The lowest BCUT2D eigenvalue weighted by Gasteiger charge is -2.09. The third kappa shape index (κ3) is 4.44. The predicted octanol–water partition coefficient (Wildman–Crippen LogP) is 2.34. The van der Waals surface area contributed by atoms with Gasteiger partial charge in [-0.15, -0.1) is 0 Å². The van der Waals surface area contributed by atoms with Crippen molar-refractivity contribution in [2.75, 3.05) is 18.4 Å². The topological polar surface area (TPSA) is 66.9 Å². The van der Waals surface area contributed by atoms with E-state index >= 15 is 0 Å². The number of hydrogen-bond acceptors (Lipinski definition) is 4. The summed E-state index contributed by atoms with van der Waals surface area (Å²) >= 11 is 0. The van der Waals surface area contributed by atoms with Gasteiger partial charge in [0.2, 0.25) is 0 Å². The van der Waals surface area contributed by atoms with E-state index < -0.39 is 11.7 Å². The van der Waals surface area contributed by atoms with Crippen molar-refractivity contribution in [2.24, 2.45) is 0 Å². The van der Waals surface area contributed by atoms with Gasteiger partial charge in [0.25, 0.3) is 5.91 Å². The molecule has 2 rings (SSSR count). The Morgan fingerprint density at radius 3 is 2.55 bits per heavy atom. The van der Waals surface area contributed by atoms with Gasteiger partial charge in [0.15, 0.2) is 0 Å². The molecular weight excluding hydrogens is 297 g/mol. The van der Waals surface area contributed by atoms with Crippen LogP contribution in [0.15, 0.2) is 42.9 Å². The molecule has 5 nitrogen and oxygen atoms in total. The zero-order valence-corrected chi connectivity index (χ0v) is 11.4. The Balaban J connectivity index is 1.76. The molecule has 0 aliphatic carbocycles. The molecule has 0 radical (unpaired) electrons. The number of alkyl halides is 3. The molecule has 0 saturated carbocycles. The lowest BCUT2D eigenvalue weighted by atomic mass is 10.2. The lowest BCUT2D eigenvalue weighted by molar-refractivity contribution is -0.137. The van der Waals surface area contributed by atoms with Crippen molar-refractivity contribution in [3.63, 3.8) is 0 Å². The fraction of sp³-hybridized carbons (Fsp3) is 0.214. The number of rotatable bonds is 5. The summed E-state index contributed by atoms with van der Waals surface area (Å²) in [5, 5.41) is 5.48. The quantitative estimate of drug-likeness (QED) is 0.832. The fourth-order valence-electron chi connectivity index (χ4n) is 1.63. The first-order valence-electron chi connectivity index (χ1n) is 6.42. The van der Waals surface area contributed by atoms with Crippen LogP contribution in [0.3, 0.4) is 0 Å². The molecule has 0 fully saturated rings. The van der Waals surface area contributed by atoms with Crippen LogP contribution in [0, 0.1) is 0 Å². The second kappa shape index (κ2) is 6.88. The number of carbonyl (C=O) groups is 1.